The third-order valence-corrected chi connectivity index (χ3v) is 3.54. The van der Waals surface area contributed by atoms with Crippen molar-refractivity contribution in [3.05, 3.63) is 41.6 Å². The van der Waals surface area contributed by atoms with E-state index < -0.39 is 5.97 Å². The fraction of sp³-hybridized carbons (Fsp3) is 0.333. The van der Waals surface area contributed by atoms with E-state index in [0.29, 0.717) is 23.2 Å². The van der Waals surface area contributed by atoms with E-state index in [-0.39, 0.29) is 5.69 Å². The van der Waals surface area contributed by atoms with E-state index in [4.69, 9.17) is 9.47 Å². The first-order valence-corrected chi connectivity index (χ1v) is 7.63. The number of nitrogens with zero attached hydrogens (tertiary/aromatic N) is 1. The van der Waals surface area contributed by atoms with Crippen LogP contribution in [0.3, 0.4) is 0 Å². The lowest BCUT2D eigenvalue weighted by atomic mass is 10.0. The van der Waals surface area contributed by atoms with Crippen molar-refractivity contribution in [2.24, 2.45) is 0 Å². The molecule has 0 saturated carbocycles. The van der Waals surface area contributed by atoms with Crippen LogP contribution >= 0.6 is 0 Å². The largest absolute Gasteiger partial charge is 0.496 e. The number of methoxy groups -OCH3 is 2. The highest BCUT2D eigenvalue weighted by atomic mass is 16.5. The molecule has 0 radical (unpaired) electrons. The number of ether oxygens (including phenoxy) is 3. The molecule has 0 fully saturated rings. The molecule has 0 aliphatic heterocycles. The summed E-state index contributed by atoms with van der Waals surface area (Å²) < 4.78 is 16.0. The molecule has 0 aliphatic rings. The molecule has 1 heterocycles. The zero-order valence-electron chi connectivity index (χ0n) is 14.5. The summed E-state index contributed by atoms with van der Waals surface area (Å²) in [5.74, 6) is 2.27. The first-order chi connectivity index (χ1) is 11.5. The zero-order chi connectivity index (χ0) is 17.7. The van der Waals surface area contributed by atoms with Crippen LogP contribution in [0.15, 0.2) is 30.3 Å². The Morgan fingerprint density at radius 2 is 1.83 bits per heavy atom. The zero-order valence-corrected chi connectivity index (χ0v) is 14.5. The average Bonchev–Trinajstić information content (AvgIpc) is 2.61. The molecule has 0 aliphatic carbocycles. The molecule has 0 saturated heterocycles. The summed E-state index contributed by atoms with van der Waals surface area (Å²) in [6, 6.07) is 8.90. The number of hydrogen-bond acceptors (Lipinski definition) is 6. The Morgan fingerprint density at radius 1 is 1.12 bits per heavy atom. The maximum atomic E-state index is 11.6. The summed E-state index contributed by atoms with van der Waals surface area (Å²) in [7, 11) is 4.68. The third kappa shape index (κ3) is 3.76. The van der Waals surface area contributed by atoms with Gasteiger partial charge in [0.25, 0.3) is 0 Å². The molecule has 24 heavy (non-hydrogen) atoms. The number of anilines is 1. The maximum absolute atomic E-state index is 11.6. The first-order valence-electron chi connectivity index (χ1n) is 7.63. The van der Waals surface area contributed by atoms with Crippen LogP contribution in [0.25, 0.3) is 0 Å². The molecule has 0 bridgehead atoms. The fourth-order valence-corrected chi connectivity index (χ4v) is 2.28. The Balaban J connectivity index is 2.34. The van der Waals surface area contributed by atoms with Crippen molar-refractivity contribution in [1.82, 2.24) is 4.98 Å². The first kappa shape index (κ1) is 17.6. The monoisotopic (exact) mass is 330 g/mol. The second-order valence-electron chi connectivity index (χ2n) is 5.45. The predicted molar refractivity (Wildman–Crippen MR) is 92.3 cm³/mol. The standard InChI is InChI=1S/C18H22N2O4/c1-11(2)13-10-12(6-8-15(13)22-4)24-16-9-7-14(18(21)23-5)20-17(16)19-3/h6-11H,1-5H3,(H,19,20). The Labute approximate surface area is 141 Å². The highest BCUT2D eigenvalue weighted by Gasteiger charge is 2.14. The predicted octanol–water partition coefficient (Wildman–Crippen LogP) is 3.83. The quantitative estimate of drug-likeness (QED) is 0.812. The van der Waals surface area contributed by atoms with Gasteiger partial charge < -0.3 is 19.5 Å². The summed E-state index contributed by atoms with van der Waals surface area (Å²) in [6.07, 6.45) is 0. The summed E-state index contributed by atoms with van der Waals surface area (Å²) >= 11 is 0. The van der Waals surface area contributed by atoms with Gasteiger partial charge in [-0.3, -0.25) is 0 Å². The molecule has 0 unspecified atom stereocenters. The highest BCUT2D eigenvalue weighted by molar-refractivity contribution is 5.88. The van der Waals surface area contributed by atoms with Gasteiger partial charge >= 0.3 is 5.97 Å². The van der Waals surface area contributed by atoms with Gasteiger partial charge in [-0.05, 0) is 36.2 Å². The number of benzene rings is 1. The van der Waals surface area contributed by atoms with Crippen LogP contribution in [-0.2, 0) is 4.74 Å². The molecule has 1 aromatic heterocycles. The van der Waals surface area contributed by atoms with Gasteiger partial charge in [-0.25, -0.2) is 9.78 Å². The smallest absolute Gasteiger partial charge is 0.356 e. The molecule has 2 rings (SSSR count). The van der Waals surface area contributed by atoms with Gasteiger partial charge in [0, 0.05) is 12.6 Å². The molecular weight excluding hydrogens is 308 g/mol. The number of carbonyl (C=O) groups excluding carboxylic acids is 1. The van der Waals surface area contributed by atoms with Gasteiger partial charge in [0.1, 0.15) is 11.5 Å². The van der Waals surface area contributed by atoms with Crippen LogP contribution in [0, 0.1) is 0 Å². The Bertz CT molecular complexity index is 729. The van der Waals surface area contributed by atoms with Crippen LogP contribution in [0.4, 0.5) is 5.82 Å². The SMILES string of the molecule is CNc1nc(C(=O)OC)ccc1Oc1ccc(OC)c(C(C)C)c1. The minimum Gasteiger partial charge on any atom is -0.496 e. The van der Waals surface area contributed by atoms with Crippen molar-refractivity contribution in [3.8, 4) is 17.2 Å². The van der Waals surface area contributed by atoms with Crippen LogP contribution in [-0.4, -0.2) is 32.2 Å². The minimum atomic E-state index is -0.496. The van der Waals surface area contributed by atoms with Gasteiger partial charge in [0.15, 0.2) is 17.3 Å². The lowest BCUT2D eigenvalue weighted by molar-refractivity contribution is 0.0594. The van der Waals surface area contributed by atoms with Crippen molar-refractivity contribution < 1.29 is 19.0 Å². The van der Waals surface area contributed by atoms with E-state index >= 15 is 0 Å². The van der Waals surface area contributed by atoms with Crippen molar-refractivity contribution in [1.29, 1.82) is 0 Å². The molecule has 0 amide bonds. The Hall–Kier alpha value is -2.76. The minimum absolute atomic E-state index is 0.215. The van der Waals surface area contributed by atoms with E-state index in [1.807, 2.05) is 18.2 Å². The van der Waals surface area contributed by atoms with Crippen LogP contribution in [0.2, 0.25) is 0 Å². The number of aromatic nitrogens is 1. The van der Waals surface area contributed by atoms with Gasteiger partial charge in [0.2, 0.25) is 0 Å². The van der Waals surface area contributed by atoms with Crippen molar-refractivity contribution in [2.75, 3.05) is 26.6 Å². The van der Waals surface area contributed by atoms with E-state index in [0.717, 1.165) is 11.3 Å². The highest BCUT2D eigenvalue weighted by Crippen LogP contribution is 2.34. The van der Waals surface area contributed by atoms with E-state index in [1.165, 1.54) is 7.11 Å². The number of hydrogen-bond donors (Lipinski definition) is 1. The van der Waals surface area contributed by atoms with Crippen molar-refractivity contribution >= 4 is 11.8 Å². The van der Waals surface area contributed by atoms with Crippen molar-refractivity contribution in [3.63, 3.8) is 0 Å². The molecule has 6 heteroatoms. The van der Waals surface area contributed by atoms with E-state index in [1.54, 1.807) is 26.3 Å². The summed E-state index contributed by atoms with van der Waals surface area (Å²) in [6.45, 7) is 4.18. The molecule has 1 aromatic carbocycles. The van der Waals surface area contributed by atoms with Crippen molar-refractivity contribution in [2.45, 2.75) is 19.8 Å². The normalized spacial score (nSPS) is 10.4. The average molecular weight is 330 g/mol. The number of esters is 1. The Kier molecular flexibility index (Phi) is 5.63. The van der Waals surface area contributed by atoms with E-state index in [2.05, 4.69) is 28.9 Å². The van der Waals surface area contributed by atoms with Gasteiger partial charge in [-0.15, -0.1) is 0 Å². The fourth-order valence-electron chi connectivity index (χ4n) is 2.28. The summed E-state index contributed by atoms with van der Waals surface area (Å²) in [5, 5.41) is 2.93. The van der Waals surface area contributed by atoms with Gasteiger partial charge in [-0.1, -0.05) is 13.8 Å². The van der Waals surface area contributed by atoms with E-state index in [9.17, 15) is 4.79 Å². The van der Waals surface area contributed by atoms with Crippen LogP contribution in [0.1, 0.15) is 35.8 Å². The number of rotatable bonds is 6. The molecule has 128 valence electrons. The molecule has 6 nitrogen and oxygen atoms in total. The molecule has 1 N–H and O–H groups in total. The molecule has 0 spiro atoms. The number of pyridine rings is 1. The molecular formula is C18H22N2O4. The second kappa shape index (κ2) is 7.68. The van der Waals surface area contributed by atoms with Gasteiger partial charge in [-0.2, -0.15) is 0 Å². The van der Waals surface area contributed by atoms with Crippen LogP contribution in [0.5, 0.6) is 17.2 Å². The van der Waals surface area contributed by atoms with Gasteiger partial charge in [0.05, 0.1) is 14.2 Å². The second-order valence-corrected chi connectivity index (χ2v) is 5.45. The number of nitrogens with one attached hydrogen (secondary N) is 1. The number of carbonyl (C=O) groups is 1. The topological polar surface area (TPSA) is 69.7 Å². The summed E-state index contributed by atoms with van der Waals surface area (Å²) in [5.41, 5.74) is 1.27. The molecule has 2 aromatic rings. The maximum Gasteiger partial charge on any atom is 0.356 e. The Morgan fingerprint density at radius 3 is 2.42 bits per heavy atom. The lowest BCUT2D eigenvalue weighted by Gasteiger charge is -2.15. The molecule has 0 atom stereocenters. The summed E-state index contributed by atoms with van der Waals surface area (Å²) in [4.78, 5) is 15.8. The lowest BCUT2D eigenvalue weighted by Crippen LogP contribution is -2.07. The third-order valence-electron chi connectivity index (χ3n) is 3.54. The van der Waals surface area contributed by atoms with Crippen LogP contribution < -0.4 is 14.8 Å².